The van der Waals surface area contributed by atoms with Gasteiger partial charge in [-0.3, -0.25) is 4.79 Å². The maximum Gasteiger partial charge on any atom is 0.241 e. The standard InChI is InChI=1S/C12H14F2N2O/c13-8-4-3-6-9(11(8)14)16-12(17)10-5-1-2-7-15-10/h3-4,6,10,15H,1-2,5,7H2,(H,16,17). The zero-order chi connectivity index (χ0) is 12.3. The Labute approximate surface area is 98.2 Å². The van der Waals surface area contributed by atoms with Crippen LogP contribution in [0, 0.1) is 11.6 Å². The van der Waals surface area contributed by atoms with E-state index in [1.54, 1.807) is 0 Å². The molecule has 0 spiro atoms. The van der Waals surface area contributed by atoms with E-state index >= 15 is 0 Å². The molecule has 1 aromatic rings. The van der Waals surface area contributed by atoms with E-state index in [0.29, 0.717) is 0 Å². The number of piperidine rings is 1. The summed E-state index contributed by atoms with van der Waals surface area (Å²) in [5.74, 6) is -2.29. The summed E-state index contributed by atoms with van der Waals surface area (Å²) in [6, 6.07) is 3.41. The third-order valence-corrected chi connectivity index (χ3v) is 2.84. The summed E-state index contributed by atoms with van der Waals surface area (Å²) in [4.78, 5) is 11.8. The second-order valence-corrected chi connectivity index (χ2v) is 4.09. The summed E-state index contributed by atoms with van der Waals surface area (Å²) in [6.07, 6.45) is 2.73. The lowest BCUT2D eigenvalue weighted by Crippen LogP contribution is -2.43. The van der Waals surface area contributed by atoms with Crippen molar-refractivity contribution in [3.63, 3.8) is 0 Å². The minimum absolute atomic E-state index is 0.109. The average molecular weight is 240 g/mol. The lowest BCUT2D eigenvalue weighted by atomic mass is 10.0. The van der Waals surface area contributed by atoms with Crippen LogP contribution in [0.5, 0.6) is 0 Å². The van der Waals surface area contributed by atoms with Gasteiger partial charge in [-0.1, -0.05) is 12.5 Å². The normalized spacial score (nSPS) is 20.0. The molecule has 2 N–H and O–H groups in total. The summed E-state index contributed by atoms with van der Waals surface area (Å²) >= 11 is 0. The molecule has 17 heavy (non-hydrogen) atoms. The molecule has 1 aromatic carbocycles. The molecule has 0 bridgehead atoms. The lowest BCUT2D eigenvalue weighted by molar-refractivity contribution is -0.118. The predicted molar refractivity (Wildman–Crippen MR) is 60.6 cm³/mol. The zero-order valence-electron chi connectivity index (χ0n) is 9.30. The summed E-state index contributed by atoms with van der Waals surface area (Å²) in [7, 11) is 0. The molecule has 1 amide bonds. The first-order valence-corrected chi connectivity index (χ1v) is 5.67. The Kier molecular flexibility index (Phi) is 3.68. The first-order chi connectivity index (χ1) is 8.18. The van der Waals surface area contributed by atoms with Crippen LogP contribution in [-0.2, 0) is 4.79 Å². The minimum Gasteiger partial charge on any atom is -0.322 e. The van der Waals surface area contributed by atoms with E-state index in [-0.39, 0.29) is 17.6 Å². The summed E-state index contributed by atoms with van der Waals surface area (Å²) in [6.45, 7) is 0.781. The van der Waals surface area contributed by atoms with E-state index in [0.717, 1.165) is 31.9 Å². The molecule has 1 aliphatic rings. The van der Waals surface area contributed by atoms with Crippen LogP contribution in [0.15, 0.2) is 18.2 Å². The molecule has 92 valence electrons. The molecule has 1 atom stereocenters. The third-order valence-electron chi connectivity index (χ3n) is 2.84. The van der Waals surface area contributed by atoms with E-state index in [2.05, 4.69) is 10.6 Å². The van der Waals surface area contributed by atoms with Crippen molar-refractivity contribution in [3.8, 4) is 0 Å². The number of carbonyl (C=O) groups excluding carboxylic acids is 1. The van der Waals surface area contributed by atoms with Crippen molar-refractivity contribution >= 4 is 11.6 Å². The Hall–Kier alpha value is -1.49. The summed E-state index contributed by atoms with van der Waals surface area (Å²) in [5.41, 5.74) is -0.109. The third kappa shape index (κ3) is 2.79. The van der Waals surface area contributed by atoms with Gasteiger partial charge in [0, 0.05) is 0 Å². The second-order valence-electron chi connectivity index (χ2n) is 4.09. The van der Waals surface area contributed by atoms with Gasteiger partial charge in [0.05, 0.1) is 11.7 Å². The molecule has 1 saturated heterocycles. The van der Waals surface area contributed by atoms with Crippen molar-refractivity contribution in [1.29, 1.82) is 0 Å². The fraction of sp³-hybridized carbons (Fsp3) is 0.417. The van der Waals surface area contributed by atoms with Gasteiger partial charge >= 0.3 is 0 Å². The number of rotatable bonds is 2. The molecule has 0 aliphatic carbocycles. The summed E-state index contributed by atoms with van der Waals surface area (Å²) in [5, 5.41) is 5.45. The number of hydrogen-bond acceptors (Lipinski definition) is 2. The van der Waals surface area contributed by atoms with Crippen LogP contribution in [0.25, 0.3) is 0 Å². The van der Waals surface area contributed by atoms with Crippen LogP contribution in [0.3, 0.4) is 0 Å². The van der Waals surface area contributed by atoms with E-state index < -0.39 is 11.6 Å². The summed E-state index contributed by atoms with van der Waals surface area (Å²) < 4.78 is 26.2. The van der Waals surface area contributed by atoms with Gasteiger partial charge in [-0.25, -0.2) is 8.78 Å². The zero-order valence-corrected chi connectivity index (χ0v) is 9.30. The number of amides is 1. The number of hydrogen-bond donors (Lipinski definition) is 2. The number of carbonyl (C=O) groups is 1. The van der Waals surface area contributed by atoms with Gasteiger partial charge in [-0.15, -0.1) is 0 Å². The molecule has 2 rings (SSSR count). The maximum atomic E-state index is 13.3. The maximum absolute atomic E-state index is 13.3. The van der Waals surface area contributed by atoms with Gasteiger partial charge in [-0.05, 0) is 31.5 Å². The van der Waals surface area contributed by atoms with Crippen molar-refractivity contribution in [2.75, 3.05) is 11.9 Å². The molecule has 1 aliphatic heterocycles. The SMILES string of the molecule is O=C(Nc1cccc(F)c1F)C1CCCCN1. The molecule has 1 unspecified atom stereocenters. The van der Waals surface area contributed by atoms with Gasteiger partial charge in [0.15, 0.2) is 11.6 Å². The number of benzene rings is 1. The largest absolute Gasteiger partial charge is 0.322 e. The van der Waals surface area contributed by atoms with E-state index in [4.69, 9.17) is 0 Å². The molecular weight excluding hydrogens is 226 g/mol. The van der Waals surface area contributed by atoms with Gasteiger partial charge in [0.2, 0.25) is 5.91 Å². The average Bonchev–Trinajstić information content (AvgIpc) is 2.36. The second kappa shape index (κ2) is 5.23. The van der Waals surface area contributed by atoms with Crippen LogP contribution < -0.4 is 10.6 Å². The molecular formula is C12H14F2N2O. The highest BCUT2D eigenvalue weighted by molar-refractivity contribution is 5.94. The number of anilines is 1. The topological polar surface area (TPSA) is 41.1 Å². The van der Waals surface area contributed by atoms with Gasteiger partial charge in [0.25, 0.3) is 0 Å². The van der Waals surface area contributed by atoms with Crippen molar-refractivity contribution in [3.05, 3.63) is 29.8 Å². The van der Waals surface area contributed by atoms with Gasteiger partial charge in [-0.2, -0.15) is 0 Å². The molecule has 5 heteroatoms. The molecule has 1 fully saturated rings. The molecule has 3 nitrogen and oxygen atoms in total. The minimum atomic E-state index is -1.02. The number of nitrogens with one attached hydrogen (secondary N) is 2. The highest BCUT2D eigenvalue weighted by Gasteiger charge is 2.21. The van der Waals surface area contributed by atoms with Crippen LogP contribution in [0.2, 0.25) is 0 Å². The smallest absolute Gasteiger partial charge is 0.241 e. The fourth-order valence-electron chi connectivity index (χ4n) is 1.90. The number of halogens is 2. The Morgan fingerprint density at radius 1 is 1.35 bits per heavy atom. The van der Waals surface area contributed by atoms with E-state index in [9.17, 15) is 13.6 Å². The van der Waals surface area contributed by atoms with Crippen LogP contribution in [0.1, 0.15) is 19.3 Å². The van der Waals surface area contributed by atoms with Gasteiger partial charge < -0.3 is 10.6 Å². The first-order valence-electron chi connectivity index (χ1n) is 5.67. The quantitative estimate of drug-likeness (QED) is 0.830. The van der Waals surface area contributed by atoms with Crippen LogP contribution >= 0.6 is 0 Å². The van der Waals surface area contributed by atoms with Crippen molar-refractivity contribution < 1.29 is 13.6 Å². The van der Waals surface area contributed by atoms with E-state index in [1.165, 1.54) is 12.1 Å². The first kappa shape index (κ1) is 12.0. The molecule has 0 radical (unpaired) electrons. The predicted octanol–water partition coefficient (Wildman–Crippen LogP) is 2.05. The Balaban J connectivity index is 2.04. The molecule has 0 aromatic heterocycles. The Bertz CT molecular complexity index is 417. The van der Waals surface area contributed by atoms with Crippen LogP contribution in [0.4, 0.5) is 14.5 Å². The van der Waals surface area contributed by atoms with Gasteiger partial charge in [0.1, 0.15) is 0 Å². The highest BCUT2D eigenvalue weighted by Crippen LogP contribution is 2.17. The molecule has 0 saturated carbocycles. The lowest BCUT2D eigenvalue weighted by Gasteiger charge is -2.22. The molecule has 1 heterocycles. The van der Waals surface area contributed by atoms with Crippen molar-refractivity contribution in [2.24, 2.45) is 0 Å². The van der Waals surface area contributed by atoms with Crippen LogP contribution in [-0.4, -0.2) is 18.5 Å². The fourth-order valence-corrected chi connectivity index (χ4v) is 1.90. The highest BCUT2D eigenvalue weighted by atomic mass is 19.2. The Morgan fingerprint density at radius 2 is 2.18 bits per heavy atom. The Morgan fingerprint density at radius 3 is 2.88 bits per heavy atom. The van der Waals surface area contributed by atoms with Crippen molar-refractivity contribution in [1.82, 2.24) is 5.32 Å². The monoisotopic (exact) mass is 240 g/mol. The van der Waals surface area contributed by atoms with Crippen molar-refractivity contribution in [2.45, 2.75) is 25.3 Å². The van der Waals surface area contributed by atoms with E-state index in [1.807, 2.05) is 0 Å².